The Labute approximate surface area is 212 Å². The molecule has 0 aliphatic rings. The van der Waals surface area contributed by atoms with Gasteiger partial charge < -0.3 is 15.5 Å². The Morgan fingerprint density at radius 2 is 1.74 bits per heavy atom. The SMILES string of the molecule is CCCC(CC(C)C(O)CC(=O)O)C(C)Sc1cc(C(=O)Nc2cc(F)c(F)c(F)c2)ccc1Cl. The second kappa shape index (κ2) is 13.2. The molecular weight excluding hydrogens is 503 g/mol. The molecule has 0 saturated heterocycles. The number of halogens is 4. The smallest absolute Gasteiger partial charge is 0.305 e. The molecule has 10 heteroatoms. The largest absolute Gasteiger partial charge is 0.481 e. The molecule has 0 saturated carbocycles. The number of aliphatic carboxylic acids is 1. The van der Waals surface area contributed by atoms with E-state index in [4.69, 9.17) is 16.7 Å². The predicted molar refractivity (Wildman–Crippen MR) is 131 cm³/mol. The summed E-state index contributed by atoms with van der Waals surface area (Å²) in [6, 6.07) is 5.97. The van der Waals surface area contributed by atoms with Crippen LogP contribution in [0.5, 0.6) is 0 Å². The van der Waals surface area contributed by atoms with Crippen LogP contribution < -0.4 is 5.32 Å². The standard InChI is InChI=1S/C25H29ClF3NO4S/c1-4-5-15(8-13(2)21(31)12-23(32)33)14(3)35-22-9-16(6-7-18(22)26)25(34)30-17-10-19(27)24(29)20(28)11-17/h6-7,9-11,13-15,21,31H,4-5,8,12H2,1-3H3,(H,30,34)(H,32,33). The summed E-state index contributed by atoms with van der Waals surface area (Å²) in [5.74, 6) is -6.19. The first-order valence-electron chi connectivity index (χ1n) is 11.2. The van der Waals surface area contributed by atoms with E-state index in [0.717, 1.165) is 12.8 Å². The van der Waals surface area contributed by atoms with Crippen LogP contribution >= 0.6 is 23.4 Å². The lowest BCUT2D eigenvalue weighted by atomic mass is 9.86. The summed E-state index contributed by atoms with van der Waals surface area (Å²) in [6.45, 7) is 5.88. The van der Waals surface area contributed by atoms with Crippen molar-refractivity contribution in [3.63, 3.8) is 0 Å². The lowest BCUT2D eigenvalue weighted by molar-refractivity contribution is -0.140. The second-order valence-corrected chi connectivity index (χ2v) is 10.4. The van der Waals surface area contributed by atoms with Crippen LogP contribution in [-0.4, -0.2) is 33.4 Å². The van der Waals surface area contributed by atoms with Gasteiger partial charge in [0.15, 0.2) is 17.5 Å². The molecule has 2 aromatic rings. The Bertz CT molecular complexity index is 1030. The highest BCUT2D eigenvalue weighted by Crippen LogP contribution is 2.38. The van der Waals surface area contributed by atoms with Crippen LogP contribution in [0.15, 0.2) is 35.2 Å². The lowest BCUT2D eigenvalue weighted by Crippen LogP contribution is -2.26. The van der Waals surface area contributed by atoms with Gasteiger partial charge in [0, 0.05) is 33.5 Å². The van der Waals surface area contributed by atoms with Gasteiger partial charge in [0.05, 0.1) is 17.5 Å². The van der Waals surface area contributed by atoms with Gasteiger partial charge in [-0.3, -0.25) is 9.59 Å². The van der Waals surface area contributed by atoms with E-state index in [9.17, 15) is 27.9 Å². The van der Waals surface area contributed by atoms with E-state index in [1.165, 1.54) is 17.8 Å². The van der Waals surface area contributed by atoms with Crippen LogP contribution in [0, 0.1) is 29.3 Å². The fourth-order valence-electron chi connectivity index (χ4n) is 3.79. The van der Waals surface area contributed by atoms with E-state index in [1.54, 1.807) is 12.1 Å². The number of hydrogen-bond acceptors (Lipinski definition) is 4. The maximum absolute atomic E-state index is 13.5. The minimum Gasteiger partial charge on any atom is -0.481 e. The van der Waals surface area contributed by atoms with Crippen LogP contribution in [0.1, 0.15) is 56.8 Å². The van der Waals surface area contributed by atoms with Crippen molar-refractivity contribution in [2.75, 3.05) is 5.32 Å². The monoisotopic (exact) mass is 531 g/mol. The van der Waals surface area contributed by atoms with E-state index < -0.39 is 35.4 Å². The highest BCUT2D eigenvalue weighted by atomic mass is 35.5. The number of carboxylic acid groups (broad SMARTS) is 1. The zero-order chi connectivity index (χ0) is 26.3. The van der Waals surface area contributed by atoms with E-state index in [0.29, 0.717) is 28.5 Å². The van der Waals surface area contributed by atoms with E-state index in [1.807, 2.05) is 20.8 Å². The highest BCUT2D eigenvalue weighted by Gasteiger charge is 2.26. The zero-order valence-corrected chi connectivity index (χ0v) is 21.2. The van der Waals surface area contributed by atoms with Gasteiger partial charge in [0.2, 0.25) is 0 Å². The van der Waals surface area contributed by atoms with Crippen LogP contribution in [0.4, 0.5) is 18.9 Å². The molecule has 192 valence electrons. The third kappa shape index (κ3) is 8.44. The fraction of sp³-hybridized carbons (Fsp3) is 0.440. The van der Waals surface area contributed by atoms with Gasteiger partial charge in [0.1, 0.15) is 0 Å². The number of benzene rings is 2. The number of amides is 1. The Morgan fingerprint density at radius 3 is 2.31 bits per heavy atom. The fourth-order valence-corrected chi connectivity index (χ4v) is 5.26. The molecule has 0 bridgehead atoms. The van der Waals surface area contributed by atoms with Crippen LogP contribution in [0.2, 0.25) is 5.02 Å². The van der Waals surface area contributed by atoms with Gasteiger partial charge >= 0.3 is 5.97 Å². The van der Waals surface area contributed by atoms with Crippen LogP contribution in [0.3, 0.4) is 0 Å². The number of carboxylic acids is 1. The van der Waals surface area contributed by atoms with Crippen LogP contribution in [-0.2, 0) is 4.79 Å². The third-order valence-corrected chi connectivity index (χ3v) is 7.58. The van der Waals surface area contributed by atoms with Gasteiger partial charge in [-0.25, -0.2) is 13.2 Å². The maximum atomic E-state index is 13.5. The average molecular weight is 532 g/mol. The first kappa shape index (κ1) is 29.0. The number of rotatable bonds is 12. The van der Waals surface area contributed by atoms with E-state index in [-0.39, 0.29) is 34.8 Å². The summed E-state index contributed by atoms with van der Waals surface area (Å²) in [4.78, 5) is 24.2. The first-order chi connectivity index (χ1) is 16.4. The van der Waals surface area contributed by atoms with Crippen molar-refractivity contribution in [1.29, 1.82) is 0 Å². The topological polar surface area (TPSA) is 86.6 Å². The molecule has 0 radical (unpaired) electrons. The van der Waals surface area contributed by atoms with Crippen molar-refractivity contribution in [3.05, 3.63) is 58.4 Å². The lowest BCUT2D eigenvalue weighted by Gasteiger charge is -2.28. The third-order valence-electron chi connectivity index (χ3n) is 5.79. The summed E-state index contributed by atoms with van der Waals surface area (Å²) in [5, 5.41) is 21.9. The summed E-state index contributed by atoms with van der Waals surface area (Å²) in [6.07, 6.45) is 1.12. The first-order valence-corrected chi connectivity index (χ1v) is 12.5. The molecule has 0 aliphatic carbocycles. The molecule has 3 N–H and O–H groups in total. The quantitative estimate of drug-likeness (QED) is 0.208. The number of nitrogens with one attached hydrogen (secondary N) is 1. The van der Waals surface area contributed by atoms with Crippen molar-refractivity contribution in [3.8, 4) is 0 Å². The van der Waals surface area contributed by atoms with Gasteiger partial charge in [-0.1, -0.05) is 38.8 Å². The number of carbonyl (C=O) groups excluding carboxylic acids is 1. The van der Waals surface area contributed by atoms with Crippen molar-refractivity contribution in [2.24, 2.45) is 11.8 Å². The summed E-state index contributed by atoms with van der Waals surface area (Å²) >= 11 is 7.81. The molecule has 2 rings (SSSR count). The van der Waals surface area contributed by atoms with Gasteiger partial charge in [-0.15, -0.1) is 11.8 Å². The number of carbonyl (C=O) groups is 2. The molecule has 1 amide bonds. The molecule has 5 nitrogen and oxygen atoms in total. The molecule has 0 aromatic heterocycles. The molecule has 4 atom stereocenters. The van der Waals surface area contributed by atoms with Gasteiger partial charge in [-0.2, -0.15) is 0 Å². The van der Waals surface area contributed by atoms with Gasteiger partial charge in [0.25, 0.3) is 5.91 Å². The van der Waals surface area contributed by atoms with Crippen molar-refractivity contribution >= 4 is 40.9 Å². The van der Waals surface area contributed by atoms with Crippen molar-refractivity contribution in [1.82, 2.24) is 0 Å². The maximum Gasteiger partial charge on any atom is 0.305 e. The average Bonchev–Trinajstić information content (AvgIpc) is 2.77. The molecule has 4 unspecified atom stereocenters. The summed E-state index contributed by atoms with van der Waals surface area (Å²) < 4.78 is 40.1. The number of anilines is 1. The van der Waals surface area contributed by atoms with Crippen molar-refractivity contribution < 1.29 is 33.0 Å². The number of aliphatic hydroxyl groups is 1. The second-order valence-electron chi connectivity index (χ2n) is 8.60. The molecule has 0 spiro atoms. The minimum atomic E-state index is -1.62. The van der Waals surface area contributed by atoms with E-state index in [2.05, 4.69) is 5.32 Å². The molecule has 0 aliphatic heterocycles. The molecule has 0 fully saturated rings. The minimum absolute atomic E-state index is 0.0329. The summed E-state index contributed by atoms with van der Waals surface area (Å²) in [5.41, 5.74) is -0.0210. The zero-order valence-electron chi connectivity index (χ0n) is 19.7. The predicted octanol–water partition coefficient (Wildman–Crippen LogP) is 6.77. The number of hydrogen-bond donors (Lipinski definition) is 3. The van der Waals surface area contributed by atoms with Crippen LogP contribution in [0.25, 0.3) is 0 Å². The Kier molecular flexibility index (Phi) is 10.9. The highest BCUT2D eigenvalue weighted by molar-refractivity contribution is 8.00. The number of thioether (sulfide) groups is 1. The molecular formula is C25H29ClF3NO4S. The molecule has 0 heterocycles. The Balaban J connectivity index is 2.15. The Hall–Kier alpha value is -2.23. The number of aliphatic hydroxyl groups excluding tert-OH is 1. The molecule has 2 aromatic carbocycles. The van der Waals surface area contributed by atoms with Gasteiger partial charge in [-0.05, 0) is 42.9 Å². The summed E-state index contributed by atoms with van der Waals surface area (Å²) in [7, 11) is 0. The normalized spacial score (nSPS) is 14.7. The Morgan fingerprint density at radius 1 is 1.11 bits per heavy atom. The van der Waals surface area contributed by atoms with Crippen molar-refractivity contribution in [2.45, 2.75) is 62.7 Å². The van der Waals surface area contributed by atoms with E-state index >= 15 is 0 Å². The molecule has 35 heavy (non-hydrogen) atoms.